The average Bonchev–Trinajstić information content (AvgIpc) is 3.03. The smallest absolute Gasteiger partial charge is 0.276 e. The van der Waals surface area contributed by atoms with Crippen molar-refractivity contribution in [3.05, 3.63) is 47.3 Å². The van der Waals surface area contributed by atoms with E-state index >= 15 is 0 Å². The van der Waals surface area contributed by atoms with Crippen LogP contribution in [-0.2, 0) is 12.0 Å². The number of aromatic nitrogens is 3. The molecule has 0 bridgehead atoms. The first-order valence-electron chi connectivity index (χ1n) is 8.80. The Labute approximate surface area is 161 Å². The van der Waals surface area contributed by atoms with E-state index in [0.29, 0.717) is 12.2 Å². The van der Waals surface area contributed by atoms with Gasteiger partial charge in [-0.15, -0.1) is 17.5 Å². The van der Waals surface area contributed by atoms with Crippen LogP contribution in [0.25, 0.3) is 0 Å². The minimum atomic E-state index is -0.0255. The fraction of sp³-hybridized carbons (Fsp3) is 0.526. The zero-order valence-electron chi connectivity index (χ0n) is 16.0. The quantitative estimate of drug-likeness (QED) is 0.824. The van der Waals surface area contributed by atoms with E-state index in [9.17, 15) is 4.79 Å². The Balaban J connectivity index is 0.00000243. The van der Waals surface area contributed by atoms with E-state index in [0.717, 1.165) is 31.7 Å². The van der Waals surface area contributed by atoms with Gasteiger partial charge in [-0.05, 0) is 23.6 Å². The fourth-order valence-corrected chi connectivity index (χ4v) is 2.94. The largest absolute Gasteiger partial charge is 0.335 e. The van der Waals surface area contributed by atoms with Crippen molar-refractivity contribution in [3.8, 4) is 0 Å². The Kier molecular flexibility index (Phi) is 6.42. The van der Waals surface area contributed by atoms with Crippen LogP contribution in [0.15, 0.2) is 30.5 Å². The van der Waals surface area contributed by atoms with Gasteiger partial charge in [-0.25, -0.2) is 4.68 Å². The molecule has 142 valence electrons. The van der Waals surface area contributed by atoms with E-state index in [2.05, 4.69) is 67.3 Å². The molecule has 0 unspecified atom stereocenters. The molecule has 0 aliphatic carbocycles. The van der Waals surface area contributed by atoms with Gasteiger partial charge in [0, 0.05) is 26.2 Å². The second-order valence-corrected chi connectivity index (χ2v) is 7.84. The Bertz CT molecular complexity index is 727. The highest BCUT2D eigenvalue weighted by Crippen LogP contribution is 2.22. The van der Waals surface area contributed by atoms with Crippen LogP contribution < -0.4 is 0 Å². The van der Waals surface area contributed by atoms with Crippen LogP contribution in [-0.4, -0.2) is 63.9 Å². The summed E-state index contributed by atoms with van der Waals surface area (Å²) in [6.07, 6.45) is 1.75. The molecule has 1 aromatic carbocycles. The van der Waals surface area contributed by atoms with E-state index in [1.165, 1.54) is 5.56 Å². The van der Waals surface area contributed by atoms with Crippen LogP contribution in [0, 0.1) is 0 Å². The molecule has 6 nitrogen and oxygen atoms in total. The van der Waals surface area contributed by atoms with Gasteiger partial charge in [0.05, 0.1) is 12.7 Å². The van der Waals surface area contributed by atoms with Crippen LogP contribution in [0.4, 0.5) is 0 Å². The average molecular weight is 378 g/mol. The summed E-state index contributed by atoms with van der Waals surface area (Å²) >= 11 is 0. The van der Waals surface area contributed by atoms with Crippen LogP contribution >= 0.6 is 12.4 Å². The van der Waals surface area contributed by atoms with Gasteiger partial charge in [0.25, 0.3) is 5.91 Å². The van der Waals surface area contributed by atoms with Crippen molar-refractivity contribution in [2.75, 3.05) is 33.2 Å². The summed E-state index contributed by atoms with van der Waals surface area (Å²) < 4.78 is 1.73. The van der Waals surface area contributed by atoms with Gasteiger partial charge >= 0.3 is 0 Å². The van der Waals surface area contributed by atoms with Crippen molar-refractivity contribution in [3.63, 3.8) is 0 Å². The lowest BCUT2D eigenvalue weighted by Crippen LogP contribution is -2.47. The van der Waals surface area contributed by atoms with E-state index in [1.807, 2.05) is 4.90 Å². The lowest BCUT2D eigenvalue weighted by molar-refractivity contribution is 0.0658. The molecule has 3 rings (SSSR count). The van der Waals surface area contributed by atoms with Crippen molar-refractivity contribution in [1.29, 1.82) is 0 Å². The van der Waals surface area contributed by atoms with Crippen LogP contribution in [0.1, 0.15) is 42.4 Å². The third-order valence-electron chi connectivity index (χ3n) is 4.71. The van der Waals surface area contributed by atoms with Gasteiger partial charge in [0.2, 0.25) is 0 Å². The number of likely N-dealkylation sites (N-methyl/N-ethyl adjacent to an activating group) is 1. The molecule has 2 aromatic rings. The van der Waals surface area contributed by atoms with Crippen LogP contribution in [0.3, 0.4) is 0 Å². The fourth-order valence-electron chi connectivity index (χ4n) is 2.94. The highest BCUT2D eigenvalue weighted by Gasteiger charge is 2.22. The van der Waals surface area contributed by atoms with E-state index in [1.54, 1.807) is 10.9 Å². The molecule has 0 atom stereocenters. The third-order valence-corrected chi connectivity index (χ3v) is 4.71. The summed E-state index contributed by atoms with van der Waals surface area (Å²) in [6, 6.07) is 8.54. The van der Waals surface area contributed by atoms with E-state index < -0.39 is 0 Å². The molecule has 2 heterocycles. The molecule has 1 saturated heterocycles. The lowest BCUT2D eigenvalue weighted by atomic mass is 9.87. The van der Waals surface area contributed by atoms with Gasteiger partial charge in [0.1, 0.15) is 0 Å². The monoisotopic (exact) mass is 377 g/mol. The zero-order valence-corrected chi connectivity index (χ0v) is 16.8. The van der Waals surface area contributed by atoms with E-state index in [-0.39, 0.29) is 23.7 Å². The van der Waals surface area contributed by atoms with Gasteiger partial charge < -0.3 is 9.80 Å². The predicted molar refractivity (Wildman–Crippen MR) is 105 cm³/mol. The number of benzene rings is 1. The molecule has 1 aliphatic rings. The first-order chi connectivity index (χ1) is 11.8. The molecule has 0 radical (unpaired) electrons. The van der Waals surface area contributed by atoms with Crippen molar-refractivity contribution < 1.29 is 4.79 Å². The van der Waals surface area contributed by atoms with Gasteiger partial charge in [-0.2, -0.15) is 0 Å². The second kappa shape index (κ2) is 8.18. The van der Waals surface area contributed by atoms with Crippen molar-refractivity contribution in [2.45, 2.75) is 32.7 Å². The third kappa shape index (κ3) is 4.83. The topological polar surface area (TPSA) is 54.3 Å². The summed E-state index contributed by atoms with van der Waals surface area (Å²) in [5, 5.41) is 8.19. The van der Waals surface area contributed by atoms with Crippen molar-refractivity contribution >= 4 is 18.3 Å². The Morgan fingerprint density at radius 3 is 2.27 bits per heavy atom. The highest BCUT2D eigenvalue weighted by molar-refractivity contribution is 5.92. The molecular formula is C19H28ClN5O. The van der Waals surface area contributed by atoms with Crippen molar-refractivity contribution in [2.24, 2.45) is 0 Å². The number of halogens is 1. The first-order valence-corrected chi connectivity index (χ1v) is 8.80. The SMILES string of the molecule is CN1CCN(C(=O)c2cn(Cc3ccc(C(C)(C)C)cc3)nn2)CC1.Cl. The van der Waals surface area contributed by atoms with E-state index in [4.69, 9.17) is 0 Å². The predicted octanol–water partition coefficient (Wildman–Crippen LogP) is 2.43. The molecule has 1 fully saturated rings. The molecular weight excluding hydrogens is 350 g/mol. The number of nitrogens with zero attached hydrogens (tertiary/aromatic N) is 5. The van der Waals surface area contributed by atoms with Gasteiger partial charge in [0.15, 0.2) is 5.69 Å². The normalized spacial score (nSPS) is 15.6. The molecule has 0 spiro atoms. The highest BCUT2D eigenvalue weighted by atomic mass is 35.5. The molecule has 1 aromatic heterocycles. The maximum absolute atomic E-state index is 12.5. The molecule has 7 heteroatoms. The lowest BCUT2D eigenvalue weighted by Gasteiger charge is -2.31. The number of hydrogen-bond acceptors (Lipinski definition) is 4. The number of amides is 1. The maximum atomic E-state index is 12.5. The van der Waals surface area contributed by atoms with Crippen molar-refractivity contribution in [1.82, 2.24) is 24.8 Å². The van der Waals surface area contributed by atoms with Gasteiger partial charge in [-0.1, -0.05) is 50.3 Å². The minimum absolute atomic E-state index is 0. The molecule has 26 heavy (non-hydrogen) atoms. The number of piperazine rings is 1. The number of hydrogen-bond donors (Lipinski definition) is 0. The molecule has 1 aliphatic heterocycles. The second-order valence-electron chi connectivity index (χ2n) is 7.84. The Morgan fingerprint density at radius 1 is 1.08 bits per heavy atom. The summed E-state index contributed by atoms with van der Waals surface area (Å²) in [6.45, 7) is 10.5. The molecule has 1 amide bonds. The number of rotatable bonds is 3. The molecule has 0 saturated carbocycles. The summed E-state index contributed by atoms with van der Waals surface area (Å²) in [7, 11) is 2.07. The van der Waals surface area contributed by atoms with Crippen LogP contribution in [0.5, 0.6) is 0 Å². The summed E-state index contributed by atoms with van der Waals surface area (Å²) in [5.41, 5.74) is 3.03. The Hall–Kier alpha value is -1.92. The zero-order chi connectivity index (χ0) is 18.0. The number of carbonyl (C=O) groups is 1. The van der Waals surface area contributed by atoms with Gasteiger partial charge in [-0.3, -0.25) is 4.79 Å². The minimum Gasteiger partial charge on any atom is -0.335 e. The summed E-state index contributed by atoms with van der Waals surface area (Å²) in [4.78, 5) is 16.6. The standard InChI is InChI=1S/C19H27N5O.ClH/c1-19(2,3)16-7-5-15(6-8-16)13-24-14-17(20-21-24)18(25)23-11-9-22(4)10-12-23;/h5-8,14H,9-13H2,1-4H3;1H. The summed E-state index contributed by atoms with van der Waals surface area (Å²) in [5.74, 6) is -0.0255. The Morgan fingerprint density at radius 2 is 1.69 bits per heavy atom. The first kappa shape index (κ1) is 20.4. The van der Waals surface area contributed by atoms with Crippen LogP contribution in [0.2, 0.25) is 0 Å². The molecule has 0 N–H and O–H groups in total. The number of carbonyl (C=O) groups excluding carboxylic acids is 1. The maximum Gasteiger partial charge on any atom is 0.276 e.